The molecule has 0 aromatic carbocycles. The number of hydrogen-bond donors (Lipinski definition) is 1. The van der Waals surface area contributed by atoms with Crippen LogP contribution in [0, 0.1) is 22.7 Å². The van der Waals surface area contributed by atoms with Gasteiger partial charge in [-0.2, -0.15) is 5.26 Å². The third kappa shape index (κ3) is 5.57. The fraction of sp³-hybridized carbons (Fsp3) is 0.786. The summed E-state index contributed by atoms with van der Waals surface area (Å²) in [4.78, 5) is 24.3. The van der Waals surface area contributed by atoms with Crippen molar-refractivity contribution in [3.05, 3.63) is 0 Å². The summed E-state index contributed by atoms with van der Waals surface area (Å²) in [6.07, 6.45) is 2.24. The van der Waals surface area contributed by atoms with Crippen LogP contribution in [0.2, 0.25) is 0 Å². The minimum atomic E-state index is -0.628. The third-order valence-corrected chi connectivity index (χ3v) is 3.45. The first-order valence-corrected chi connectivity index (χ1v) is 6.96. The van der Waals surface area contributed by atoms with Gasteiger partial charge in [-0.05, 0) is 39.8 Å². The summed E-state index contributed by atoms with van der Waals surface area (Å²) in [6, 6.07) is 2.11. The zero-order chi connectivity index (χ0) is 15.0. The van der Waals surface area contributed by atoms with Crippen molar-refractivity contribution < 1.29 is 14.3 Å². The Balaban J connectivity index is 2.25. The Bertz CT molecular complexity index is 368. The van der Waals surface area contributed by atoms with E-state index in [0.717, 1.165) is 32.5 Å². The van der Waals surface area contributed by atoms with Gasteiger partial charge in [0.25, 0.3) is 0 Å². The Morgan fingerprint density at radius 3 is 2.70 bits per heavy atom. The smallest absolute Gasteiger partial charge is 0.309 e. The van der Waals surface area contributed by atoms with Gasteiger partial charge in [0, 0.05) is 13.1 Å². The normalized spacial score (nSPS) is 17.2. The fourth-order valence-electron chi connectivity index (χ4n) is 2.08. The lowest BCUT2D eigenvalue weighted by atomic mass is 9.95. The summed E-state index contributed by atoms with van der Waals surface area (Å²) in [5.74, 6) is -0.265. The molecular formula is C14H23N3O3. The lowest BCUT2D eigenvalue weighted by Crippen LogP contribution is -2.40. The monoisotopic (exact) mass is 281 g/mol. The summed E-state index contributed by atoms with van der Waals surface area (Å²) in [5, 5.41) is 11.5. The van der Waals surface area contributed by atoms with Gasteiger partial charge in [-0.3, -0.25) is 9.59 Å². The van der Waals surface area contributed by atoms with E-state index in [0.29, 0.717) is 13.0 Å². The van der Waals surface area contributed by atoms with Crippen LogP contribution in [0.5, 0.6) is 0 Å². The van der Waals surface area contributed by atoms with Gasteiger partial charge in [0.1, 0.15) is 6.61 Å². The number of ether oxygens (including phenoxy) is 1. The highest BCUT2D eigenvalue weighted by atomic mass is 16.5. The number of carbonyl (C=O) groups excluding carboxylic acids is 2. The van der Waals surface area contributed by atoms with Gasteiger partial charge < -0.3 is 15.0 Å². The number of hydrogen-bond acceptors (Lipinski definition) is 5. The number of rotatable bonds is 7. The van der Waals surface area contributed by atoms with Crippen molar-refractivity contribution in [3.63, 3.8) is 0 Å². The van der Waals surface area contributed by atoms with Gasteiger partial charge in [-0.1, -0.05) is 0 Å². The molecule has 1 aliphatic heterocycles. The molecule has 6 heteroatoms. The van der Waals surface area contributed by atoms with Gasteiger partial charge in [-0.15, -0.1) is 0 Å². The van der Waals surface area contributed by atoms with Crippen molar-refractivity contribution in [1.29, 1.82) is 5.26 Å². The van der Waals surface area contributed by atoms with Crippen LogP contribution in [0.1, 0.15) is 26.7 Å². The Kier molecular flexibility index (Phi) is 6.46. The van der Waals surface area contributed by atoms with Crippen molar-refractivity contribution >= 4 is 12.4 Å². The number of likely N-dealkylation sites (tertiary alicyclic amines) is 1. The van der Waals surface area contributed by atoms with Crippen molar-refractivity contribution in [2.45, 2.75) is 26.7 Å². The van der Waals surface area contributed by atoms with Crippen LogP contribution in [0.3, 0.4) is 0 Å². The maximum Gasteiger partial charge on any atom is 0.309 e. The van der Waals surface area contributed by atoms with Gasteiger partial charge in [0.05, 0.1) is 17.4 Å². The molecule has 1 fully saturated rings. The first kappa shape index (κ1) is 16.4. The topological polar surface area (TPSA) is 82.4 Å². The molecular weight excluding hydrogens is 258 g/mol. The van der Waals surface area contributed by atoms with Crippen LogP contribution in [0.4, 0.5) is 0 Å². The number of amides is 1. The van der Waals surface area contributed by atoms with Gasteiger partial charge in [0.15, 0.2) is 0 Å². The molecule has 1 rings (SSSR count). The highest BCUT2D eigenvalue weighted by Gasteiger charge is 2.28. The SMILES string of the molecule is CC(C)(C#N)COC(=O)C1CCN(CCNC=O)CC1. The van der Waals surface area contributed by atoms with E-state index in [4.69, 9.17) is 10.00 Å². The summed E-state index contributed by atoms with van der Waals surface area (Å²) in [7, 11) is 0. The second-order valence-electron chi connectivity index (χ2n) is 5.79. The van der Waals surface area contributed by atoms with Gasteiger partial charge in [-0.25, -0.2) is 0 Å². The van der Waals surface area contributed by atoms with Crippen LogP contribution in [0.15, 0.2) is 0 Å². The Labute approximate surface area is 120 Å². The Morgan fingerprint density at radius 2 is 2.15 bits per heavy atom. The summed E-state index contributed by atoms with van der Waals surface area (Å²) in [5.41, 5.74) is -0.628. The molecule has 0 saturated carbocycles. The zero-order valence-electron chi connectivity index (χ0n) is 12.2. The molecule has 0 spiro atoms. The number of carbonyl (C=O) groups is 2. The zero-order valence-corrected chi connectivity index (χ0v) is 12.2. The largest absolute Gasteiger partial charge is 0.464 e. The summed E-state index contributed by atoms with van der Waals surface area (Å²) < 4.78 is 5.23. The van der Waals surface area contributed by atoms with Crippen LogP contribution in [-0.4, -0.2) is 50.1 Å². The van der Waals surface area contributed by atoms with Crippen molar-refractivity contribution in [3.8, 4) is 6.07 Å². The predicted octanol–water partition coefficient (Wildman–Crippen LogP) is 0.537. The molecule has 0 unspecified atom stereocenters. The van der Waals surface area contributed by atoms with Crippen LogP contribution in [-0.2, 0) is 14.3 Å². The molecule has 1 aliphatic rings. The average Bonchev–Trinajstić information content (AvgIpc) is 2.46. The molecule has 20 heavy (non-hydrogen) atoms. The number of piperidine rings is 1. The van der Waals surface area contributed by atoms with E-state index in [1.54, 1.807) is 13.8 Å². The molecule has 0 bridgehead atoms. The van der Waals surface area contributed by atoms with Crippen LogP contribution >= 0.6 is 0 Å². The molecule has 6 nitrogen and oxygen atoms in total. The van der Waals surface area contributed by atoms with E-state index in [1.807, 2.05) is 0 Å². The van der Waals surface area contributed by atoms with Gasteiger partial charge >= 0.3 is 5.97 Å². The first-order valence-electron chi connectivity index (χ1n) is 6.96. The maximum atomic E-state index is 11.9. The number of esters is 1. The molecule has 112 valence electrons. The highest BCUT2D eigenvalue weighted by molar-refractivity contribution is 5.72. The first-order chi connectivity index (χ1) is 9.48. The number of nitrogens with zero attached hydrogens (tertiary/aromatic N) is 2. The highest BCUT2D eigenvalue weighted by Crippen LogP contribution is 2.20. The molecule has 1 saturated heterocycles. The van der Waals surface area contributed by atoms with E-state index in [2.05, 4.69) is 16.3 Å². The second kappa shape index (κ2) is 7.85. The van der Waals surface area contributed by atoms with E-state index in [9.17, 15) is 9.59 Å². The Morgan fingerprint density at radius 1 is 1.50 bits per heavy atom. The minimum absolute atomic E-state index is 0.0697. The van der Waals surface area contributed by atoms with Crippen molar-refractivity contribution in [1.82, 2.24) is 10.2 Å². The molecule has 0 radical (unpaired) electrons. The fourth-order valence-corrected chi connectivity index (χ4v) is 2.08. The average molecular weight is 281 g/mol. The minimum Gasteiger partial charge on any atom is -0.464 e. The number of nitriles is 1. The molecule has 1 N–H and O–H groups in total. The summed E-state index contributed by atoms with van der Waals surface area (Å²) in [6.45, 7) is 6.76. The predicted molar refractivity (Wildman–Crippen MR) is 73.6 cm³/mol. The van der Waals surface area contributed by atoms with Crippen LogP contribution < -0.4 is 5.32 Å². The second-order valence-corrected chi connectivity index (χ2v) is 5.79. The van der Waals surface area contributed by atoms with E-state index in [-0.39, 0.29) is 18.5 Å². The molecule has 0 atom stereocenters. The molecule has 1 heterocycles. The lowest BCUT2D eigenvalue weighted by Gasteiger charge is -2.31. The van der Waals surface area contributed by atoms with E-state index < -0.39 is 5.41 Å². The molecule has 0 aromatic heterocycles. The van der Waals surface area contributed by atoms with Crippen molar-refractivity contribution in [2.75, 3.05) is 32.8 Å². The lowest BCUT2D eigenvalue weighted by molar-refractivity contribution is -0.152. The number of nitrogens with one attached hydrogen (secondary N) is 1. The van der Waals surface area contributed by atoms with Gasteiger partial charge in [0.2, 0.25) is 6.41 Å². The third-order valence-electron chi connectivity index (χ3n) is 3.45. The van der Waals surface area contributed by atoms with E-state index in [1.165, 1.54) is 0 Å². The summed E-state index contributed by atoms with van der Waals surface area (Å²) >= 11 is 0. The standard InChI is InChI=1S/C14H23N3O3/c1-14(2,9-15)10-20-13(19)12-3-6-17(7-4-12)8-5-16-11-18/h11-12H,3-8,10H2,1-2H3,(H,16,18). The van der Waals surface area contributed by atoms with Crippen molar-refractivity contribution in [2.24, 2.45) is 11.3 Å². The van der Waals surface area contributed by atoms with E-state index >= 15 is 0 Å². The molecule has 1 amide bonds. The maximum absolute atomic E-state index is 11.9. The molecule has 0 aliphatic carbocycles. The Hall–Kier alpha value is -1.61. The molecule has 0 aromatic rings. The van der Waals surface area contributed by atoms with Crippen LogP contribution in [0.25, 0.3) is 0 Å². The quantitative estimate of drug-likeness (QED) is 0.418.